The van der Waals surface area contributed by atoms with E-state index in [1.54, 1.807) is 7.11 Å². The Morgan fingerprint density at radius 1 is 1.29 bits per heavy atom. The zero-order valence-corrected chi connectivity index (χ0v) is 14.3. The molecule has 0 aliphatic carbocycles. The molecule has 1 aromatic rings. The Labute approximate surface area is 129 Å². The van der Waals surface area contributed by atoms with Gasteiger partial charge in [-0.15, -0.1) is 0 Å². The van der Waals surface area contributed by atoms with Crippen molar-refractivity contribution in [2.45, 2.75) is 53.0 Å². The molecule has 0 saturated heterocycles. The van der Waals surface area contributed by atoms with Crippen molar-refractivity contribution in [3.63, 3.8) is 0 Å². The molecule has 118 valence electrons. The molecule has 0 N–H and O–H groups in total. The van der Waals surface area contributed by atoms with E-state index in [9.17, 15) is 4.79 Å². The maximum Gasteiger partial charge on any atom is 0.222 e. The molecule has 0 spiro atoms. The third kappa shape index (κ3) is 5.41. The number of nitrogens with zero attached hydrogens (tertiary/aromatic N) is 1. The quantitative estimate of drug-likeness (QED) is 0.776. The smallest absolute Gasteiger partial charge is 0.222 e. The molecule has 3 nitrogen and oxygen atoms in total. The van der Waals surface area contributed by atoms with Crippen LogP contribution in [0.4, 0.5) is 0 Å². The lowest BCUT2D eigenvalue weighted by molar-refractivity contribution is -0.132. The third-order valence-electron chi connectivity index (χ3n) is 3.88. The minimum Gasteiger partial charge on any atom is -0.496 e. The van der Waals surface area contributed by atoms with Gasteiger partial charge in [-0.1, -0.05) is 39.0 Å². The first-order chi connectivity index (χ1) is 9.76. The van der Waals surface area contributed by atoms with Gasteiger partial charge in [0.2, 0.25) is 5.91 Å². The number of methoxy groups -OCH3 is 1. The number of benzene rings is 1. The lowest BCUT2D eigenvalue weighted by atomic mass is 9.90. The van der Waals surface area contributed by atoms with E-state index >= 15 is 0 Å². The van der Waals surface area contributed by atoms with Crippen LogP contribution in [-0.2, 0) is 4.79 Å². The Morgan fingerprint density at radius 3 is 2.48 bits per heavy atom. The molecule has 0 aliphatic rings. The van der Waals surface area contributed by atoms with E-state index in [4.69, 9.17) is 4.74 Å². The summed E-state index contributed by atoms with van der Waals surface area (Å²) in [5, 5.41) is 0. The fourth-order valence-corrected chi connectivity index (χ4v) is 2.38. The first kappa shape index (κ1) is 17.5. The summed E-state index contributed by atoms with van der Waals surface area (Å²) < 4.78 is 5.38. The van der Waals surface area contributed by atoms with Gasteiger partial charge in [-0.05, 0) is 31.2 Å². The predicted molar refractivity (Wildman–Crippen MR) is 87.5 cm³/mol. The van der Waals surface area contributed by atoms with Crippen molar-refractivity contribution in [1.82, 2.24) is 4.90 Å². The summed E-state index contributed by atoms with van der Waals surface area (Å²) >= 11 is 0. The molecule has 0 aromatic heterocycles. The Bertz CT molecular complexity index is 463. The number of amides is 1. The summed E-state index contributed by atoms with van der Waals surface area (Å²) in [6.07, 6.45) is 2.61. The summed E-state index contributed by atoms with van der Waals surface area (Å²) in [5.41, 5.74) is 1.33. The number of hydrogen-bond acceptors (Lipinski definition) is 2. The molecule has 0 radical (unpaired) electrons. The second kappa shape index (κ2) is 7.48. The van der Waals surface area contributed by atoms with E-state index in [0.717, 1.165) is 24.2 Å². The Kier molecular flexibility index (Phi) is 6.25. The summed E-state index contributed by atoms with van der Waals surface area (Å²) in [6, 6.07) is 7.89. The van der Waals surface area contributed by atoms with E-state index in [-0.39, 0.29) is 17.4 Å². The van der Waals surface area contributed by atoms with Crippen molar-refractivity contribution in [3.05, 3.63) is 29.8 Å². The van der Waals surface area contributed by atoms with Crippen LogP contribution in [0.5, 0.6) is 5.75 Å². The van der Waals surface area contributed by atoms with Gasteiger partial charge in [0, 0.05) is 19.0 Å². The minimum atomic E-state index is 0.0169. The van der Waals surface area contributed by atoms with Crippen LogP contribution in [0.25, 0.3) is 0 Å². The number of ether oxygens (including phenoxy) is 1. The van der Waals surface area contributed by atoms with Crippen molar-refractivity contribution >= 4 is 5.91 Å². The van der Waals surface area contributed by atoms with Crippen LogP contribution < -0.4 is 4.74 Å². The molecule has 0 heterocycles. The molecule has 0 bridgehead atoms. The second-order valence-corrected chi connectivity index (χ2v) is 6.84. The van der Waals surface area contributed by atoms with E-state index in [1.807, 2.05) is 43.1 Å². The first-order valence-corrected chi connectivity index (χ1v) is 7.65. The molecule has 0 aliphatic heterocycles. The second-order valence-electron chi connectivity index (χ2n) is 6.84. The molecule has 1 amide bonds. The highest BCUT2D eigenvalue weighted by Crippen LogP contribution is 2.29. The van der Waals surface area contributed by atoms with Gasteiger partial charge in [-0.2, -0.15) is 0 Å². The van der Waals surface area contributed by atoms with Gasteiger partial charge in [-0.3, -0.25) is 4.79 Å². The number of hydrogen-bond donors (Lipinski definition) is 0. The monoisotopic (exact) mass is 291 g/mol. The minimum absolute atomic E-state index is 0.0169. The maximum atomic E-state index is 12.3. The van der Waals surface area contributed by atoms with Crippen molar-refractivity contribution < 1.29 is 9.53 Å². The lowest BCUT2D eigenvalue weighted by Gasteiger charge is -2.27. The fraction of sp³-hybridized carbons (Fsp3) is 0.611. The van der Waals surface area contributed by atoms with Crippen LogP contribution in [-0.4, -0.2) is 25.0 Å². The van der Waals surface area contributed by atoms with Gasteiger partial charge >= 0.3 is 0 Å². The molecule has 1 rings (SSSR count). The molecule has 0 fully saturated rings. The van der Waals surface area contributed by atoms with Crippen molar-refractivity contribution in [2.75, 3.05) is 14.2 Å². The Morgan fingerprint density at radius 2 is 1.90 bits per heavy atom. The summed E-state index contributed by atoms with van der Waals surface area (Å²) in [4.78, 5) is 14.1. The van der Waals surface area contributed by atoms with Crippen molar-refractivity contribution in [2.24, 2.45) is 5.41 Å². The third-order valence-corrected chi connectivity index (χ3v) is 3.88. The van der Waals surface area contributed by atoms with Gasteiger partial charge in [0.25, 0.3) is 0 Å². The molecule has 1 aromatic carbocycles. The van der Waals surface area contributed by atoms with E-state index in [1.165, 1.54) is 0 Å². The fourth-order valence-electron chi connectivity index (χ4n) is 2.38. The summed E-state index contributed by atoms with van der Waals surface area (Å²) in [6.45, 7) is 8.66. The van der Waals surface area contributed by atoms with Crippen LogP contribution >= 0.6 is 0 Å². The van der Waals surface area contributed by atoms with E-state index < -0.39 is 0 Å². The molecule has 1 unspecified atom stereocenters. The normalized spacial score (nSPS) is 12.9. The highest BCUT2D eigenvalue weighted by molar-refractivity contribution is 5.76. The zero-order valence-electron chi connectivity index (χ0n) is 14.3. The van der Waals surface area contributed by atoms with E-state index in [2.05, 4.69) is 20.8 Å². The van der Waals surface area contributed by atoms with Gasteiger partial charge in [-0.25, -0.2) is 0 Å². The van der Waals surface area contributed by atoms with E-state index in [0.29, 0.717) is 6.42 Å². The number of carbonyl (C=O) groups excluding carboxylic acids is 1. The molecule has 0 saturated carbocycles. The highest BCUT2D eigenvalue weighted by atomic mass is 16.5. The van der Waals surface area contributed by atoms with Gasteiger partial charge in [0.1, 0.15) is 5.75 Å². The SMILES string of the molecule is COc1ccccc1C(C)N(C)C(=O)CCCC(C)(C)C. The first-order valence-electron chi connectivity index (χ1n) is 7.65. The van der Waals surface area contributed by atoms with Crippen LogP contribution in [0.15, 0.2) is 24.3 Å². The maximum absolute atomic E-state index is 12.3. The lowest BCUT2D eigenvalue weighted by Crippen LogP contribution is -2.29. The zero-order chi connectivity index (χ0) is 16.0. The van der Waals surface area contributed by atoms with Crippen LogP contribution in [0.3, 0.4) is 0 Å². The number of para-hydroxylation sites is 1. The molecule has 1 atom stereocenters. The van der Waals surface area contributed by atoms with Crippen LogP contribution in [0.2, 0.25) is 0 Å². The molecular weight excluding hydrogens is 262 g/mol. The highest BCUT2D eigenvalue weighted by Gasteiger charge is 2.20. The summed E-state index contributed by atoms with van der Waals surface area (Å²) in [5.74, 6) is 1.02. The Hall–Kier alpha value is -1.51. The van der Waals surface area contributed by atoms with Gasteiger partial charge < -0.3 is 9.64 Å². The van der Waals surface area contributed by atoms with Crippen molar-refractivity contribution in [1.29, 1.82) is 0 Å². The standard InChI is InChI=1S/C18H29NO2/c1-14(15-10-7-8-11-16(15)21-6)19(5)17(20)12-9-13-18(2,3)4/h7-8,10-11,14H,9,12-13H2,1-6H3. The van der Waals surface area contributed by atoms with Crippen LogP contribution in [0, 0.1) is 5.41 Å². The number of carbonyl (C=O) groups is 1. The van der Waals surface area contributed by atoms with Crippen molar-refractivity contribution in [3.8, 4) is 5.75 Å². The predicted octanol–water partition coefficient (Wildman–Crippen LogP) is 4.43. The summed E-state index contributed by atoms with van der Waals surface area (Å²) in [7, 11) is 3.53. The molecule has 3 heteroatoms. The average Bonchev–Trinajstić information content (AvgIpc) is 2.44. The number of rotatable bonds is 6. The molecule has 21 heavy (non-hydrogen) atoms. The Balaban J connectivity index is 2.65. The largest absolute Gasteiger partial charge is 0.496 e. The topological polar surface area (TPSA) is 29.5 Å². The van der Waals surface area contributed by atoms with Crippen LogP contribution in [0.1, 0.15) is 58.6 Å². The van der Waals surface area contributed by atoms with Gasteiger partial charge in [0.15, 0.2) is 0 Å². The van der Waals surface area contributed by atoms with Gasteiger partial charge in [0.05, 0.1) is 13.2 Å². The molecular formula is C18H29NO2. The average molecular weight is 291 g/mol.